The fourth-order valence-corrected chi connectivity index (χ4v) is 5.14. The molecule has 0 unspecified atom stereocenters. The molecule has 0 radical (unpaired) electrons. The van der Waals surface area contributed by atoms with Crippen molar-refractivity contribution in [3.63, 3.8) is 0 Å². The Morgan fingerprint density at radius 1 is 0.914 bits per heavy atom. The molecule has 8 nitrogen and oxygen atoms in total. The van der Waals surface area contributed by atoms with Crippen LogP contribution in [0.3, 0.4) is 0 Å². The lowest BCUT2D eigenvalue weighted by atomic mass is 9.78. The number of carbonyl (C=O) groups is 4. The Bertz CT molecular complexity index is 1200. The van der Waals surface area contributed by atoms with Crippen LogP contribution < -0.4 is 19.3 Å². The molecule has 35 heavy (non-hydrogen) atoms. The predicted octanol–water partition coefficient (Wildman–Crippen LogP) is 3.36. The molecule has 0 spiro atoms. The Morgan fingerprint density at radius 3 is 2.23 bits per heavy atom. The van der Waals surface area contributed by atoms with Crippen molar-refractivity contribution in [1.29, 1.82) is 0 Å². The first kappa shape index (κ1) is 22.8. The summed E-state index contributed by atoms with van der Waals surface area (Å²) >= 11 is 0. The number of esters is 1. The van der Waals surface area contributed by atoms with Crippen LogP contribution in [0.5, 0.6) is 11.5 Å². The van der Waals surface area contributed by atoms with Gasteiger partial charge in [-0.15, -0.1) is 0 Å². The van der Waals surface area contributed by atoms with Crippen molar-refractivity contribution in [2.24, 2.45) is 23.7 Å². The van der Waals surface area contributed by atoms with Crippen molar-refractivity contribution < 1.29 is 28.7 Å². The molecule has 3 aliphatic rings. The number of allylic oxidation sites excluding steroid dienone is 2. The summed E-state index contributed by atoms with van der Waals surface area (Å²) in [6.07, 6.45) is 4.59. The van der Waals surface area contributed by atoms with Crippen LogP contribution in [-0.2, 0) is 19.2 Å². The van der Waals surface area contributed by atoms with E-state index in [1.165, 1.54) is 4.90 Å². The minimum atomic E-state index is -0.594. The second-order valence-corrected chi connectivity index (χ2v) is 9.19. The van der Waals surface area contributed by atoms with Gasteiger partial charge in [-0.3, -0.25) is 24.1 Å². The summed E-state index contributed by atoms with van der Waals surface area (Å²) in [4.78, 5) is 53.9. The minimum Gasteiger partial charge on any atom is -0.497 e. The van der Waals surface area contributed by atoms with Gasteiger partial charge in [-0.1, -0.05) is 19.1 Å². The molecule has 2 heterocycles. The van der Waals surface area contributed by atoms with E-state index in [-0.39, 0.29) is 48.4 Å². The van der Waals surface area contributed by atoms with Gasteiger partial charge in [-0.05, 0) is 60.9 Å². The molecular formula is C27H26N2O6. The van der Waals surface area contributed by atoms with Crippen LogP contribution in [0, 0.1) is 23.7 Å². The van der Waals surface area contributed by atoms with Gasteiger partial charge in [0.05, 0.1) is 30.6 Å². The van der Waals surface area contributed by atoms with E-state index < -0.39 is 11.9 Å². The van der Waals surface area contributed by atoms with Gasteiger partial charge < -0.3 is 14.4 Å². The standard InChI is InChI=1S/C27H26N2O6/c1-16-4-3-5-22-24(16)26(32)29(25(22)31)19-8-12-21(13-9-19)35-27(33)17-14-23(30)28(15-17)18-6-10-20(34-2)11-7-18/h3-4,6-13,16-17,22,24H,5,14-15H2,1-2H3/t16-,17+,22-,24+/m0/s1. The van der Waals surface area contributed by atoms with E-state index in [0.29, 0.717) is 29.3 Å². The average Bonchev–Trinajstić information content (AvgIpc) is 3.38. The highest BCUT2D eigenvalue weighted by atomic mass is 16.5. The number of fused-ring (bicyclic) bond motifs is 1. The van der Waals surface area contributed by atoms with Crippen molar-refractivity contribution in [1.82, 2.24) is 0 Å². The lowest BCUT2D eigenvalue weighted by molar-refractivity contribution is -0.139. The smallest absolute Gasteiger partial charge is 0.316 e. The summed E-state index contributed by atoms with van der Waals surface area (Å²) in [6, 6.07) is 13.4. The maximum absolute atomic E-state index is 13.0. The van der Waals surface area contributed by atoms with Gasteiger partial charge in [0.15, 0.2) is 0 Å². The molecule has 2 fully saturated rings. The zero-order chi connectivity index (χ0) is 24.7. The summed E-state index contributed by atoms with van der Waals surface area (Å²) in [7, 11) is 1.57. The van der Waals surface area contributed by atoms with Crippen LogP contribution in [0.15, 0.2) is 60.7 Å². The van der Waals surface area contributed by atoms with Crippen LogP contribution in [0.25, 0.3) is 0 Å². The van der Waals surface area contributed by atoms with Gasteiger partial charge in [-0.25, -0.2) is 0 Å². The summed E-state index contributed by atoms with van der Waals surface area (Å²) < 4.78 is 10.7. The number of amides is 3. The molecule has 0 saturated carbocycles. The number of imide groups is 1. The Balaban J connectivity index is 1.24. The van der Waals surface area contributed by atoms with E-state index in [1.807, 2.05) is 19.1 Å². The van der Waals surface area contributed by atoms with Crippen LogP contribution in [0.1, 0.15) is 19.8 Å². The molecule has 5 rings (SSSR count). The topological polar surface area (TPSA) is 93.2 Å². The Labute approximate surface area is 203 Å². The van der Waals surface area contributed by atoms with Crippen molar-refractivity contribution in [2.45, 2.75) is 19.8 Å². The maximum Gasteiger partial charge on any atom is 0.316 e. The summed E-state index contributed by atoms with van der Waals surface area (Å²) in [5, 5.41) is 0. The van der Waals surface area contributed by atoms with E-state index in [4.69, 9.17) is 9.47 Å². The van der Waals surface area contributed by atoms with Gasteiger partial charge >= 0.3 is 5.97 Å². The molecule has 0 bridgehead atoms. The highest BCUT2D eigenvalue weighted by molar-refractivity contribution is 6.22. The van der Waals surface area contributed by atoms with Crippen LogP contribution >= 0.6 is 0 Å². The van der Waals surface area contributed by atoms with Crippen LogP contribution in [0.4, 0.5) is 11.4 Å². The lowest BCUT2D eigenvalue weighted by Crippen LogP contribution is -2.31. The first-order valence-electron chi connectivity index (χ1n) is 11.7. The number of nitrogens with zero attached hydrogens (tertiary/aromatic N) is 2. The van der Waals surface area contributed by atoms with Crippen molar-refractivity contribution in [3.05, 3.63) is 60.7 Å². The fraction of sp³-hybridized carbons (Fsp3) is 0.333. The number of methoxy groups -OCH3 is 1. The maximum atomic E-state index is 13.0. The van der Waals surface area contributed by atoms with Gasteiger partial charge in [-0.2, -0.15) is 0 Å². The van der Waals surface area contributed by atoms with Crippen LogP contribution in [-0.4, -0.2) is 37.3 Å². The van der Waals surface area contributed by atoms with Gasteiger partial charge in [0.1, 0.15) is 11.5 Å². The molecule has 0 N–H and O–H groups in total. The number of ether oxygens (including phenoxy) is 2. The van der Waals surface area contributed by atoms with E-state index in [0.717, 1.165) is 0 Å². The van der Waals surface area contributed by atoms with Crippen molar-refractivity contribution in [3.8, 4) is 11.5 Å². The zero-order valence-corrected chi connectivity index (χ0v) is 19.5. The molecular weight excluding hydrogens is 448 g/mol. The summed E-state index contributed by atoms with van der Waals surface area (Å²) in [5.74, 6) is -1.29. The lowest BCUT2D eigenvalue weighted by Gasteiger charge is -2.22. The molecule has 0 aromatic heterocycles. The number of rotatable bonds is 5. The molecule has 2 aromatic rings. The number of hydrogen-bond donors (Lipinski definition) is 0. The van der Waals surface area contributed by atoms with Crippen LogP contribution in [0.2, 0.25) is 0 Å². The molecule has 2 saturated heterocycles. The highest BCUT2D eigenvalue weighted by Crippen LogP contribution is 2.40. The van der Waals surface area contributed by atoms with E-state index >= 15 is 0 Å². The fourth-order valence-electron chi connectivity index (χ4n) is 5.14. The van der Waals surface area contributed by atoms with E-state index in [2.05, 4.69) is 0 Å². The summed E-state index contributed by atoms with van der Waals surface area (Å²) in [5.41, 5.74) is 1.16. The monoisotopic (exact) mass is 474 g/mol. The molecule has 1 aliphatic carbocycles. The quantitative estimate of drug-likeness (QED) is 0.286. The van der Waals surface area contributed by atoms with Gasteiger partial charge in [0.25, 0.3) is 0 Å². The molecule has 2 aromatic carbocycles. The van der Waals surface area contributed by atoms with E-state index in [1.54, 1.807) is 60.5 Å². The zero-order valence-electron chi connectivity index (χ0n) is 19.5. The highest BCUT2D eigenvalue weighted by Gasteiger charge is 2.50. The third kappa shape index (κ3) is 4.09. The average molecular weight is 475 g/mol. The SMILES string of the molecule is COc1ccc(N2C[C@H](C(=O)Oc3ccc(N4C(=O)[C@H]5[C@H](CC=C[C@@H]5C)C4=O)cc3)CC2=O)cc1. The van der Waals surface area contributed by atoms with Crippen molar-refractivity contribution >= 4 is 35.1 Å². The Kier molecular flexibility index (Phi) is 5.88. The normalized spacial score (nSPS) is 25.7. The van der Waals surface area contributed by atoms with Gasteiger partial charge in [0.2, 0.25) is 17.7 Å². The molecule has 4 atom stereocenters. The second kappa shape index (κ2) is 9.02. The molecule has 3 amide bonds. The minimum absolute atomic E-state index is 0.0158. The first-order chi connectivity index (χ1) is 16.9. The Hall–Kier alpha value is -3.94. The largest absolute Gasteiger partial charge is 0.497 e. The number of benzene rings is 2. The molecule has 2 aliphatic heterocycles. The van der Waals surface area contributed by atoms with Crippen molar-refractivity contribution in [2.75, 3.05) is 23.5 Å². The molecule has 8 heteroatoms. The first-order valence-corrected chi connectivity index (χ1v) is 11.7. The number of anilines is 2. The predicted molar refractivity (Wildman–Crippen MR) is 128 cm³/mol. The van der Waals surface area contributed by atoms with E-state index in [9.17, 15) is 19.2 Å². The third-order valence-electron chi connectivity index (χ3n) is 7.03. The summed E-state index contributed by atoms with van der Waals surface area (Å²) in [6.45, 7) is 2.18. The van der Waals surface area contributed by atoms with Gasteiger partial charge in [0, 0.05) is 18.7 Å². The Morgan fingerprint density at radius 2 is 1.57 bits per heavy atom. The number of carbonyl (C=O) groups excluding carboxylic acids is 4. The third-order valence-corrected chi connectivity index (χ3v) is 7.03. The second-order valence-electron chi connectivity index (χ2n) is 9.19. The molecule has 180 valence electrons. The number of hydrogen-bond acceptors (Lipinski definition) is 6.